The number of rotatable bonds is 56. The maximum atomic E-state index is 12.6. The number of unbranched alkanes of at least 4 members (excludes halogenated alkanes) is 46. The van der Waals surface area contributed by atoms with Crippen LogP contribution < -0.4 is 5.32 Å². The highest BCUT2D eigenvalue weighted by Crippen LogP contribution is 2.18. The van der Waals surface area contributed by atoms with Gasteiger partial charge in [0.2, 0.25) is 5.91 Å². The molecule has 5 nitrogen and oxygen atoms in total. The van der Waals surface area contributed by atoms with Crippen LogP contribution in [0.4, 0.5) is 0 Å². The van der Waals surface area contributed by atoms with Crippen LogP contribution >= 0.6 is 0 Å². The summed E-state index contributed by atoms with van der Waals surface area (Å²) in [7, 11) is 0. The molecule has 3 atom stereocenters. The number of carbonyl (C=O) groups excluding carboxylic acids is 1. The number of nitrogens with one attached hydrogen (secondary N) is 1. The van der Waals surface area contributed by atoms with Gasteiger partial charge >= 0.3 is 0 Å². The van der Waals surface area contributed by atoms with E-state index in [1.54, 1.807) is 0 Å². The van der Waals surface area contributed by atoms with Gasteiger partial charge in [0, 0.05) is 0 Å². The van der Waals surface area contributed by atoms with E-state index in [2.05, 4.69) is 31.3 Å². The molecule has 65 heavy (non-hydrogen) atoms. The predicted octanol–water partition coefficient (Wildman–Crippen LogP) is 18.7. The summed E-state index contributed by atoms with van der Waals surface area (Å²) in [4.78, 5) is 12.6. The molecule has 0 aromatic rings. The van der Waals surface area contributed by atoms with E-state index in [1.165, 1.54) is 283 Å². The Morgan fingerprint density at radius 2 is 0.585 bits per heavy atom. The molecule has 0 aliphatic heterocycles. The minimum atomic E-state index is -1.07. The number of aliphatic hydroxyl groups excluding tert-OH is 3. The summed E-state index contributed by atoms with van der Waals surface area (Å²) in [6, 6.07) is -0.710. The summed E-state index contributed by atoms with van der Waals surface area (Å²) in [5.41, 5.74) is 0. The van der Waals surface area contributed by atoms with Gasteiger partial charge in [-0.3, -0.25) is 4.79 Å². The Morgan fingerprint density at radius 3 is 0.846 bits per heavy atom. The number of carbonyl (C=O) groups is 1. The molecule has 0 saturated heterocycles. The molecule has 0 aromatic heterocycles. The van der Waals surface area contributed by atoms with Crippen molar-refractivity contribution >= 4 is 5.91 Å². The summed E-state index contributed by atoms with van der Waals surface area (Å²) >= 11 is 0. The standard InChI is InChI=1S/C60H119NO4/c1-3-5-7-9-11-13-15-17-19-21-23-25-27-28-29-30-31-33-35-37-39-41-43-45-47-49-51-53-55-59(64)60(65)61-57(56-62)58(63)54-52-50-48-46-44-42-40-38-36-34-32-26-24-22-20-18-16-14-12-10-8-6-4-2/h28-29,57-59,62-64H,3-27,30-56H2,1-2H3,(H,61,65)/b29-28-. The first-order chi connectivity index (χ1) is 32.1. The monoisotopic (exact) mass is 918 g/mol. The van der Waals surface area contributed by atoms with E-state index in [-0.39, 0.29) is 6.61 Å². The molecule has 0 aliphatic carbocycles. The number of amides is 1. The van der Waals surface area contributed by atoms with Gasteiger partial charge < -0.3 is 20.6 Å². The fourth-order valence-electron chi connectivity index (χ4n) is 9.72. The Bertz CT molecular complexity index is 925. The first-order valence-electron chi connectivity index (χ1n) is 30.0. The lowest BCUT2D eigenvalue weighted by atomic mass is 10.0. The molecule has 3 unspecified atom stereocenters. The van der Waals surface area contributed by atoms with Crippen molar-refractivity contribution in [1.82, 2.24) is 5.32 Å². The maximum Gasteiger partial charge on any atom is 0.249 e. The van der Waals surface area contributed by atoms with Crippen LogP contribution in [-0.2, 0) is 4.79 Å². The average molecular weight is 919 g/mol. The fraction of sp³-hybridized carbons (Fsp3) is 0.950. The molecule has 5 heteroatoms. The van der Waals surface area contributed by atoms with Crippen molar-refractivity contribution in [2.75, 3.05) is 6.61 Å². The van der Waals surface area contributed by atoms with Gasteiger partial charge in [0.15, 0.2) is 0 Å². The van der Waals surface area contributed by atoms with Crippen molar-refractivity contribution in [1.29, 1.82) is 0 Å². The van der Waals surface area contributed by atoms with E-state index in [0.29, 0.717) is 12.8 Å². The molecule has 0 aliphatic rings. The Balaban J connectivity index is 3.50. The first kappa shape index (κ1) is 64.1. The minimum Gasteiger partial charge on any atom is -0.394 e. The third kappa shape index (κ3) is 50.8. The van der Waals surface area contributed by atoms with Crippen LogP contribution in [0, 0.1) is 0 Å². The van der Waals surface area contributed by atoms with Gasteiger partial charge in [-0.05, 0) is 38.5 Å². The zero-order valence-corrected chi connectivity index (χ0v) is 44.4. The Morgan fingerprint density at radius 1 is 0.354 bits per heavy atom. The second kappa shape index (κ2) is 55.7. The normalized spacial score (nSPS) is 13.2. The van der Waals surface area contributed by atoms with E-state index in [9.17, 15) is 20.1 Å². The molecule has 0 aromatic carbocycles. The van der Waals surface area contributed by atoms with Gasteiger partial charge in [0.25, 0.3) is 0 Å². The Hall–Kier alpha value is -0.910. The average Bonchev–Trinajstić information content (AvgIpc) is 3.31. The predicted molar refractivity (Wildman–Crippen MR) is 287 cm³/mol. The van der Waals surface area contributed by atoms with Crippen LogP contribution in [0.15, 0.2) is 12.2 Å². The molecule has 0 bridgehead atoms. The highest BCUT2D eigenvalue weighted by molar-refractivity contribution is 5.80. The summed E-state index contributed by atoms with van der Waals surface area (Å²) in [6.45, 7) is 4.28. The van der Waals surface area contributed by atoms with Gasteiger partial charge in [0.05, 0.1) is 18.8 Å². The van der Waals surface area contributed by atoms with Crippen molar-refractivity contribution in [2.24, 2.45) is 0 Å². The van der Waals surface area contributed by atoms with E-state index in [1.807, 2.05) is 0 Å². The quantitative estimate of drug-likeness (QED) is 0.0361. The molecule has 0 heterocycles. The zero-order chi connectivity index (χ0) is 47.2. The maximum absolute atomic E-state index is 12.6. The summed E-state index contributed by atoms with van der Waals surface area (Å²) in [5.74, 6) is -0.464. The Labute approximate surface area is 408 Å². The highest BCUT2D eigenvalue weighted by Gasteiger charge is 2.23. The van der Waals surface area contributed by atoms with Crippen LogP contribution in [0.2, 0.25) is 0 Å². The largest absolute Gasteiger partial charge is 0.394 e. The third-order valence-corrected chi connectivity index (χ3v) is 14.4. The molecular formula is C60H119NO4. The molecule has 4 N–H and O–H groups in total. The van der Waals surface area contributed by atoms with E-state index in [0.717, 1.165) is 32.1 Å². The number of aliphatic hydroxyl groups is 3. The second-order valence-electron chi connectivity index (χ2n) is 20.9. The SMILES string of the molecule is CCCCCCCCCCCCCC/C=C\CCCCCCCCCCCCCCC(O)C(=O)NC(CO)C(O)CCCCCCCCCCCCCCCCCCCCCCCCC. The van der Waals surface area contributed by atoms with Crippen molar-refractivity contribution in [2.45, 2.75) is 360 Å². The van der Waals surface area contributed by atoms with Crippen molar-refractivity contribution in [3.63, 3.8) is 0 Å². The highest BCUT2D eigenvalue weighted by atomic mass is 16.3. The fourth-order valence-corrected chi connectivity index (χ4v) is 9.72. The summed E-state index contributed by atoms with van der Waals surface area (Å²) in [6.07, 6.45) is 69.9. The topological polar surface area (TPSA) is 89.8 Å². The molecule has 388 valence electrons. The smallest absolute Gasteiger partial charge is 0.249 e. The molecule has 0 saturated carbocycles. The minimum absolute atomic E-state index is 0.309. The van der Waals surface area contributed by atoms with Gasteiger partial charge in [-0.2, -0.15) is 0 Å². The van der Waals surface area contributed by atoms with Crippen LogP contribution in [0.25, 0.3) is 0 Å². The van der Waals surface area contributed by atoms with Crippen LogP contribution in [0.3, 0.4) is 0 Å². The van der Waals surface area contributed by atoms with E-state index < -0.39 is 24.2 Å². The lowest BCUT2D eigenvalue weighted by molar-refractivity contribution is -0.131. The van der Waals surface area contributed by atoms with Crippen molar-refractivity contribution < 1.29 is 20.1 Å². The van der Waals surface area contributed by atoms with Crippen LogP contribution in [0.1, 0.15) is 341 Å². The molecule has 0 spiro atoms. The van der Waals surface area contributed by atoms with Gasteiger partial charge in [-0.15, -0.1) is 0 Å². The summed E-state index contributed by atoms with van der Waals surface area (Å²) < 4.78 is 0. The zero-order valence-electron chi connectivity index (χ0n) is 44.4. The van der Waals surface area contributed by atoms with Gasteiger partial charge in [-0.25, -0.2) is 0 Å². The molecular weight excluding hydrogens is 799 g/mol. The first-order valence-corrected chi connectivity index (χ1v) is 30.0. The van der Waals surface area contributed by atoms with Crippen LogP contribution in [-0.4, -0.2) is 46.1 Å². The molecule has 1 amide bonds. The Kier molecular flexibility index (Phi) is 54.9. The number of hydrogen-bond donors (Lipinski definition) is 4. The lowest BCUT2D eigenvalue weighted by Crippen LogP contribution is -2.49. The molecule has 0 fully saturated rings. The van der Waals surface area contributed by atoms with Crippen molar-refractivity contribution in [3.05, 3.63) is 12.2 Å². The summed E-state index contributed by atoms with van der Waals surface area (Å²) in [5, 5.41) is 33.6. The van der Waals surface area contributed by atoms with Gasteiger partial charge in [-0.1, -0.05) is 315 Å². The molecule has 0 rings (SSSR count). The number of allylic oxidation sites excluding steroid dienone is 2. The molecule has 0 radical (unpaired) electrons. The van der Waals surface area contributed by atoms with Gasteiger partial charge in [0.1, 0.15) is 6.10 Å². The third-order valence-electron chi connectivity index (χ3n) is 14.4. The van der Waals surface area contributed by atoms with E-state index in [4.69, 9.17) is 0 Å². The van der Waals surface area contributed by atoms with Crippen molar-refractivity contribution in [3.8, 4) is 0 Å². The second-order valence-corrected chi connectivity index (χ2v) is 20.9. The number of hydrogen-bond acceptors (Lipinski definition) is 4. The van der Waals surface area contributed by atoms with E-state index >= 15 is 0 Å². The lowest BCUT2D eigenvalue weighted by Gasteiger charge is -2.23. The van der Waals surface area contributed by atoms with Crippen LogP contribution in [0.5, 0.6) is 0 Å².